The summed E-state index contributed by atoms with van der Waals surface area (Å²) in [6, 6.07) is 0. The van der Waals surface area contributed by atoms with E-state index < -0.39 is 5.60 Å². The molecule has 0 heterocycles. The lowest BCUT2D eigenvalue weighted by Crippen LogP contribution is -2.41. The summed E-state index contributed by atoms with van der Waals surface area (Å²) in [4.78, 5) is 2.22. The molecule has 2 nitrogen and oxygen atoms in total. The smallest absolute Gasteiger partial charge is 0.0768 e. The second-order valence-electron chi connectivity index (χ2n) is 4.52. The summed E-state index contributed by atoms with van der Waals surface area (Å²) in [5.74, 6) is 0.669. The molecule has 2 heteroatoms. The number of aliphatic hydroxyl groups is 1. The van der Waals surface area contributed by atoms with Crippen LogP contribution in [0.3, 0.4) is 0 Å². The summed E-state index contributed by atoms with van der Waals surface area (Å²) >= 11 is 0. The van der Waals surface area contributed by atoms with E-state index in [0.717, 1.165) is 25.9 Å². The number of likely N-dealkylation sites (N-methyl/N-ethyl adjacent to an activating group) is 1. The van der Waals surface area contributed by atoms with Crippen molar-refractivity contribution in [2.45, 2.75) is 46.1 Å². The molecular weight excluding hydrogens is 162 g/mol. The molecule has 0 aromatic heterocycles. The van der Waals surface area contributed by atoms with Crippen molar-refractivity contribution in [3.05, 3.63) is 0 Å². The molecule has 0 saturated heterocycles. The van der Waals surface area contributed by atoms with Gasteiger partial charge >= 0.3 is 0 Å². The van der Waals surface area contributed by atoms with Crippen LogP contribution in [0.25, 0.3) is 0 Å². The average Bonchev–Trinajstić information content (AvgIpc) is 2.02. The molecule has 0 aliphatic carbocycles. The maximum Gasteiger partial charge on any atom is 0.0768 e. The average molecular weight is 187 g/mol. The zero-order valence-corrected chi connectivity index (χ0v) is 9.80. The molecule has 0 unspecified atom stereocenters. The zero-order valence-electron chi connectivity index (χ0n) is 9.80. The van der Waals surface area contributed by atoms with Gasteiger partial charge in [-0.1, -0.05) is 27.7 Å². The fourth-order valence-corrected chi connectivity index (χ4v) is 1.66. The first kappa shape index (κ1) is 12.9. The largest absolute Gasteiger partial charge is 0.389 e. The van der Waals surface area contributed by atoms with Crippen molar-refractivity contribution in [1.82, 2.24) is 4.90 Å². The van der Waals surface area contributed by atoms with Crippen LogP contribution in [-0.4, -0.2) is 35.7 Å². The van der Waals surface area contributed by atoms with Crippen LogP contribution in [-0.2, 0) is 0 Å². The van der Waals surface area contributed by atoms with Crippen molar-refractivity contribution in [2.75, 3.05) is 20.1 Å². The Morgan fingerprint density at radius 2 is 1.69 bits per heavy atom. The molecule has 0 aliphatic rings. The third-order valence-corrected chi connectivity index (χ3v) is 2.56. The van der Waals surface area contributed by atoms with Crippen LogP contribution in [0.15, 0.2) is 0 Å². The summed E-state index contributed by atoms with van der Waals surface area (Å²) < 4.78 is 0. The van der Waals surface area contributed by atoms with E-state index in [9.17, 15) is 5.11 Å². The van der Waals surface area contributed by atoms with Crippen LogP contribution in [0.2, 0.25) is 0 Å². The van der Waals surface area contributed by atoms with E-state index >= 15 is 0 Å². The Kier molecular flexibility index (Phi) is 5.57. The van der Waals surface area contributed by atoms with Crippen LogP contribution in [0.4, 0.5) is 0 Å². The van der Waals surface area contributed by atoms with E-state index in [1.54, 1.807) is 0 Å². The van der Waals surface area contributed by atoms with Crippen molar-refractivity contribution < 1.29 is 5.11 Å². The van der Waals surface area contributed by atoms with Crippen LogP contribution >= 0.6 is 0 Å². The van der Waals surface area contributed by atoms with Gasteiger partial charge in [-0.05, 0) is 25.8 Å². The minimum Gasteiger partial charge on any atom is -0.389 e. The Hall–Kier alpha value is -0.0800. The number of rotatable bonds is 6. The SMILES string of the molecule is CCC(O)(CC)CN(C)CC(C)C. The third-order valence-electron chi connectivity index (χ3n) is 2.56. The summed E-state index contributed by atoms with van der Waals surface area (Å²) in [6.45, 7) is 10.3. The monoisotopic (exact) mass is 187 g/mol. The maximum absolute atomic E-state index is 10.1. The van der Waals surface area contributed by atoms with Crippen LogP contribution in [0.5, 0.6) is 0 Å². The first-order valence-corrected chi connectivity index (χ1v) is 5.34. The van der Waals surface area contributed by atoms with Crippen molar-refractivity contribution in [1.29, 1.82) is 0 Å². The Labute approximate surface area is 82.9 Å². The van der Waals surface area contributed by atoms with Crippen LogP contribution in [0, 0.1) is 5.92 Å². The molecule has 0 aromatic rings. The summed E-state index contributed by atoms with van der Waals surface area (Å²) in [5, 5.41) is 10.1. The van der Waals surface area contributed by atoms with Gasteiger partial charge in [-0.2, -0.15) is 0 Å². The van der Waals surface area contributed by atoms with Gasteiger partial charge in [0, 0.05) is 13.1 Å². The lowest BCUT2D eigenvalue weighted by atomic mass is 9.96. The quantitative estimate of drug-likeness (QED) is 0.688. The van der Waals surface area contributed by atoms with Gasteiger partial charge in [-0.25, -0.2) is 0 Å². The Balaban J connectivity index is 3.94. The van der Waals surface area contributed by atoms with Gasteiger partial charge < -0.3 is 10.0 Å². The van der Waals surface area contributed by atoms with Crippen LogP contribution in [0.1, 0.15) is 40.5 Å². The van der Waals surface area contributed by atoms with Crippen molar-refractivity contribution in [3.63, 3.8) is 0 Å². The molecule has 0 fully saturated rings. The van der Waals surface area contributed by atoms with Crippen LogP contribution < -0.4 is 0 Å². The van der Waals surface area contributed by atoms with Gasteiger partial charge in [0.2, 0.25) is 0 Å². The minimum absolute atomic E-state index is 0.482. The highest BCUT2D eigenvalue weighted by molar-refractivity contribution is 4.78. The molecule has 0 atom stereocenters. The van der Waals surface area contributed by atoms with E-state index in [1.165, 1.54) is 0 Å². The van der Waals surface area contributed by atoms with E-state index in [4.69, 9.17) is 0 Å². The molecule has 0 saturated carbocycles. The number of hydrogen-bond donors (Lipinski definition) is 1. The molecule has 13 heavy (non-hydrogen) atoms. The highest BCUT2D eigenvalue weighted by Gasteiger charge is 2.23. The highest BCUT2D eigenvalue weighted by atomic mass is 16.3. The lowest BCUT2D eigenvalue weighted by Gasteiger charge is -2.31. The summed E-state index contributed by atoms with van der Waals surface area (Å²) in [6.07, 6.45) is 1.68. The minimum atomic E-state index is -0.482. The van der Waals surface area contributed by atoms with Gasteiger partial charge in [0.05, 0.1) is 5.60 Å². The molecular formula is C11H25NO. The molecule has 0 rings (SSSR count). The van der Waals surface area contributed by atoms with Crippen molar-refractivity contribution >= 4 is 0 Å². The zero-order chi connectivity index (χ0) is 10.5. The first-order valence-electron chi connectivity index (χ1n) is 5.34. The van der Waals surface area contributed by atoms with Gasteiger partial charge in [-0.15, -0.1) is 0 Å². The van der Waals surface area contributed by atoms with Crippen molar-refractivity contribution in [2.24, 2.45) is 5.92 Å². The standard InChI is InChI=1S/C11H25NO/c1-6-11(13,7-2)9-12(5)8-10(3)4/h10,13H,6-9H2,1-5H3. The van der Waals surface area contributed by atoms with E-state index in [1.807, 2.05) is 13.8 Å². The molecule has 1 N–H and O–H groups in total. The number of hydrogen-bond acceptors (Lipinski definition) is 2. The highest BCUT2D eigenvalue weighted by Crippen LogP contribution is 2.16. The molecule has 0 spiro atoms. The Morgan fingerprint density at radius 3 is 2.00 bits per heavy atom. The summed E-state index contributed by atoms with van der Waals surface area (Å²) in [7, 11) is 2.08. The maximum atomic E-state index is 10.1. The van der Waals surface area contributed by atoms with Gasteiger partial charge in [0.25, 0.3) is 0 Å². The van der Waals surface area contributed by atoms with E-state index in [2.05, 4.69) is 25.8 Å². The molecule has 0 bridgehead atoms. The van der Waals surface area contributed by atoms with E-state index in [0.29, 0.717) is 5.92 Å². The van der Waals surface area contributed by atoms with Crippen molar-refractivity contribution in [3.8, 4) is 0 Å². The molecule has 80 valence electrons. The third kappa shape index (κ3) is 5.27. The predicted molar refractivity (Wildman–Crippen MR) is 57.9 cm³/mol. The van der Waals surface area contributed by atoms with Gasteiger partial charge in [0.15, 0.2) is 0 Å². The lowest BCUT2D eigenvalue weighted by molar-refractivity contribution is 0.000919. The van der Waals surface area contributed by atoms with E-state index in [-0.39, 0.29) is 0 Å². The fraction of sp³-hybridized carbons (Fsp3) is 1.00. The van der Waals surface area contributed by atoms with Gasteiger partial charge in [-0.3, -0.25) is 0 Å². The number of nitrogens with zero attached hydrogens (tertiary/aromatic N) is 1. The predicted octanol–water partition coefficient (Wildman–Crippen LogP) is 2.13. The molecule has 0 aliphatic heterocycles. The molecule has 0 aromatic carbocycles. The van der Waals surface area contributed by atoms with Gasteiger partial charge in [0.1, 0.15) is 0 Å². The second kappa shape index (κ2) is 5.61. The summed E-state index contributed by atoms with van der Waals surface area (Å²) in [5.41, 5.74) is -0.482. The Bertz CT molecular complexity index is 130. The topological polar surface area (TPSA) is 23.5 Å². The molecule has 0 amide bonds. The Morgan fingerprint density at radius 1 is 1.23 bits per heavy atom. The first-order chi connectivity index (χ1) is 5.93. The fourth-order valence-electron chi connectivity index (χ4n) is 1.66. The molecule has 0 radical (unpaired) electrons. The second-order valence-corrected chi connectivity index (χ2v) is 4.52. The normalized spacial score (nSPS) is 12.9.